The molecule has 0 aliphatic heterocycles. The lowest BCUT2D eigenvalue weighted by molar-refractivity contribution is 0.748. The fraction of sp³-hybridized carbons (Fsp3) is 0.250. The van der Waals surface area contributed by atoms with E-state index in [1.54, 1.807) is 23.1 Å². The molecule has 0 fully saturated rings. The summed E-state index contributed by atoms with van der Waals surface area (Å²) in [5.41, 5.74) is 1.12. The van der Waals surface area contributed by atoms with Crippen LogP contribution < -0.4 is 0 Å². The molecule has 0 spiro atoms. The minimum Gasteiger partial charge on any atom is -0.309 e. The van der Waals surface area contributed by atoms with E-state index in [0.717, 1.165) is 28.0 Å². The van der Waals surface area contributed by atoms with E-state index in [9.17, 15) is 0 Å². The van der Waals surface area contributed by atoms with Gasteiger partial charge in [0.05, 0.1) is 0 Å². The van der Waals surface area contributed by atoms with Crippen molar-refractivity contribution in [3.05, 3.63) is 63.1 Å². The molecule has 3 rings (SSSR count). The third kappa shape index (κ3) is 3.37. The highest BCUT2D eigenvalue weighted by Crippen LogP contribution is 2.37. The molecule has 1 aromatic carbocycles. The Hall–Kier alpha value is -1.30. The van der Waals surface area contributed by atoms with Gasteiger partial charge in [0.1, 0.15) is 5.82 Å². The second kappa shape index (κ2) is 6.86. The van der Waals surface area contributed by atoms with Gasteiger partial charge in [-0.3, -0.25) is 0 Å². The molecule has 0 aliphatic rings. The minimum absolute atomic E-state index is 0.228. The van der Waals surface area contributed by atoms with E-state index in [2.05, 4.69) is 45.3 Å². The lowest BCUT2D eigenvalue weighted by atomic mass is 10.2. The van der Waals surface area contributed by atoms with Gasteiger partial charge in [0, 0.05) is 28.6 Å². The Morgan fingerprint density at radius 3 is 2.77 bits per heavy atom. The summed E-state index contributed by atoms with van der Waals surface area (Å²) >= 11 is 9.69. The van der Waals surface area contributed by atoms with Gasteiger partial charge in [0.2, 0.25) is 0 Å². The van der Waals surface area contributed by atoms with Crippen LogP contribution in [0.15, 0.2) is 46.9 Å². The summed E-state index contributed by atoms with van der Waals surface area (Å²) in [5, 5.41) is 12.7. The number of thioether (sulfide) groups is 1. The van der Waals surface area contributed by atoms with Crippen LogP contribution in [-0.4, -0.2) is 14.8 Å². The molecule has 6 heteroatoms. The molecule has 2 aromatic heterocycles. The first-order valence-electron chi connectivity index (χ1n) is 6.97. The SMILES string of the molecule is CC(Sc1nnc(Cc2cccs2)n1C)c1ccccc1Cl. The van der Waals surface area contributed by atoms with E-state index < -0.39 is 0 Å². The summed E-state index contributed by atoms with van der Waals surface area (Å²) in [6, 6.07) is 12.1. The number of thiophene rings is 1. The maximum atomic E-state index is 6.27. The van der Waals surface area contributed by atoms with Crippen LogP contribution in [0.4, 0.5) is 0 Å². The standard InChI is InChI=1S/C16H16ClN3S2/c1-11(13-7-3-4-8-14(13)17)22-16-19-18-15(20(16)2)10-12-6-5-9-21-12/h3-9,11H,10H2,1-2H3. The number of nitrogens with zero attached hydrogens (tertiary/aromatic N) is 3. The second-order valence-corrected chi connectivity index (χ2v) is 7.74. The van der Waals surface area contributed by atoms with E-state index in [1.165, 1.54) is 4.88 Å². The van der Waals surface area contributed by atoms with Gasteiger partial charge in [0.25, 0.3) is 0 Å². The minimum atomic E-state index is 0.228. The van der Waals surface area contributed by atoms with E-state index in [4.69, 9.17) is 11.6 Å². The van der Waals surface area contributed by atoms with Gasteiger partial charge >= 0.3 is 0 Å². The van der Waals surface area contributed by atoms with E-state index >= 15 is 0 Å². The van der Waals surface area contributed by atoms with Gasteiger partial charge in [-0.2, -0.15) is 0 Å². The molecule has 22 heavy (non-hydrogen) atoms. The Morgan fingerprint density at radius 1 is 1.23 bits per heavy atom. The largest absolute Gasteiger partial charge is 0.309 e. The van der Waals surface area contributed by atoms with Crippen LogP contribution in [0.3, 0.4) is 0 Å². The molecule has 3 aromatic rings. The molecule has 0 saturated heterocycles. The third-order valence-electron chi connectivity index (χ3n) is 3.46. The summed E-state index contributed by atoms with van der Waals surface area (Å²) in [4.78, 5) is 1.30. The zero-order valence-corrected chi connectivity index (χ0v) is 14.8. The van der Waals surface area contributed by atoms with Crippen LogP contribution in [0.2, 0.25) is 5.02 Å². The van der Waals surface area contributed by atoms with E-state index in [1.807, 2.05) is 25.2 Å². The summed E-state index contributed by atoms with van der Waals surface area (Å²) in [6.45, 7) is 2.14. The van der Waals surface area contributed by atoms with Crippen molar-refractivity contribution in [3.8, 4) is 0 Å². The smallest absolute Gasteiger partial charge is 0.191 e. The predicted octanol–water partition coefficient (Wildman–Crippen LogP) is 4.97. The Bertz CT molecular complexity index is 753. The molecule has 0 N–H and O–H groups in total. The number of rotatable bonds is 5. The normalized spacial score (nSPS) is 12.5. The summed E-state index contributed by atoms with van der Waals surface area (Å²) < 4.78 is 2.07. The molecule has 114 valence electrons. The van der Waals surface area contributed by atoms with Crippen molar-refractivity contribution in [2.75, 3.05) is 0 Å². The topological polar surface area (TPSA) is 30.7 Å². The third-order valence-corrected chi connectivity index (χ3v) is 5.86. The number of benzene rings is 1. The predicted molar refractivity (Wildman–Crippen MR) is 93.9 cm³/mol. The first-order chi connectivity index (χ1) is 10.6. The Kier molecular flexibility index (Phi) is 4.86. The van der Waals surface area contributed by atoms with Gasteiger partial charge < -0.3 is 4.57 Å². The zero-order chi connectivity index (χ0) is 15.5. The van der Waals surface area contributed by atoms with E-state index in [0.29, 0.717) is 0 Å². The average molecular weight is 350 g/mol. The van der Waals surface area contributed by atoms with Crippen molar-refractivity contribution in [3.63, 3.8) is 0 Å². The lowest BCUT2D eigenvalue weighted by Gasteiger charge is -2.12. The molecule has 1 unspecified atom stereocenters. The molecule has 0 saturated carbocycles. The second-order valence-electron chi connectivity index (χ2n) is 5.00. The molecule has 0 radical (unpaired) electrons. The van der Waals surface area contributed by atoms with Crippen molar-refractivity contribution in [1.29, 1.82) is 0 Å². The Morgan fingerprint density at radius 2 is 2.05 bits per heavy atom. The Balaban J connectivity index is 1.76. The van der Waals surface area contributed by atoms with E-state index in [-0.39, 0.29) is 5.25 Å². The fourth-order valence-electron chi connectivity index (χ4n) is 2.20. The zero-order valence-electron chi connectivity index (χ0n) is 12.4. The first kappa shape index (κ1) is 15.6. The molecule has 0 amide bonds. The van der Waals surface area contributed by atoms with Crippen molar-refractivity contribution in [2.24, 2.45) is 7.05 Å². The number of hydrogen-bond donors (Lipinski definition) is 0. The Labute approximate surface area is 143 Å². The molecule has 0 aliphatic carbocycles. The molecular formula is C16H16ClN3S2. The summed E-state index contributed by atoms with van der Waals surface area (Å²) in [5.74, 6) is 0.983. The fourth-order valence-corrected chi connectivity index (χ4v) is 4.26. The van der Waals surface area contributed by atoms with Gasteiger partial charge in [-0.15, -0.1) is 21.5 Å². The summed E-state index contributed by atoms with van der Waals surface area (Å²) in [7, 11) is 2.02. The van der Waals surface area contributed by atoms with Crippen LogP contribution in [0.1, 0.15) is 28.4 Å². The van der Waals surface area contributed by atoms with Crippen molar-refractivity contribution >= 4 is 34.7 Å². The molecule has 0 bridgehead atoms. The van der Waals surface area contributed by atoms with Crippen LogP contribution >= 0.6 is 34.7 Å². The monoisotopic (exact) mass is 349 g/mol. The van der Waals surface area contributed by atoms with Gasteiger partial charge in [-0.25, -0.2) is 0 Å². The number of halogens is 1. The first-order valence-corrected chi connectivity index (χ1v) is 9.10. The van der Waals surface area contributed by atoms with Crippen molar-refractivity contribution < 1.29 is 0 Å². The highest BCUT2D eigenvalue weighted by atomic mass is 35.5. The van der Waals surface area contributed by atoms with Gasteiger partial charge in [-0.05, 0) is 30.0 Å². The highest BCUT2D eigenvalue weighted by Gasteiger charge is 2.16. The van der Waals surface area contributed by atoms with Crippen molar-refractivity contribution in [1.82, 2.24) is 14.8 Å². The number of aromatic nitrogens is 3. The van der Waals surface area contributed by atoms with Crippen LogP contribution in [-0.2, 0) is 13.5 Å². The van der Waals surface area contributed by atoms with Gasteiger partial charge in [0.15, 0.2) is 5.16 Å². The van der Waals surface area contributed by atoms with Crippen LogP contribution in [0.25, 0.3) is 0 Å². The highest BCUT2D eigenvalue weighted by molar-refractivity contribution is 7.99. The maximum absolute atomic E-state index is 6.27. The lowest BCUT2D eigenvalue weighted by Crippen LogP contribution is -2.00. The molecule has 1 atom stereocenters. The summed E-state index contributed by atoms with van der Waals surface area (Å²) in [6.07, 6.45) is 0.822. The van der Waals surface area contributed by atoms with Gasteiger partial charge in [-0.1, -0.05) is 47.6 Å². The number of hydrogen-bond acceptors (Lipinski definition) is 4. The van der Waals surface area contributed by atoms with Crippen molar-refractivity contribution in [2.45, 2.75) is 23.8 Å². The van der Waals surface area contributed by atoms with Crippen LogP contribution in [0, 0.1) is 0 Å². The molecule has 2 heterocycles. The average Bonchev–Trinajstić information content (AvgIpc) is 3.13. The maximum Gasteiger partial charge on any atom is 0.191 e. The molecule has 3 nitrogen and oxygen atoms in total. The van der Waals surface area contributed by atoms with Crippen LogP contribution in [0.5, 0.6) is 0 Å². The molecular weight excluding hydrogens is 334 g/mol. The quantitative estimate of drug-likeness (QED) is 0.609.